The Morgan fingerprint density at radius 2 is 2.19 bits per heavy atom. The van der Waals surface area contributed by atoms with Gasteiger partial charge in [-0.05, 0) is 25.1 Å². The number of hydrogen-bond donors (Lipinski definition) is 1. The third kappa shape index (κ3) is 1.88. The first-order valence-corrected chi connectivity index (χ1v) is 5.33. The molecule has 0 bridgehead atoms. The molecule has 1 aromatic rings. The first-order valence-electron chi connectivity index (χ1n) is 4.95. The Morgan fingerprint density at radius 3 is 2.88 bits per heavy atom. The first kappa shape index (κ1) is 11.0. The maximum Gasteiger partial charge on any atom is 0.247 e. The number of carbonyl (C=O) groups is 2. The molecule has 1 saturated heterocycles. The lowest BCUT2D eigenvalue weighted by Gasteiger charge is -2.32. The third-order valence-electron chi connectivity index (χ3n) is 2.54. The molecule has 1 aromatic carbocycles. The monoisotopic (exact) mass is 238 g/mol. The van der Waals surface area contributed by atoms with Crippen LogP contribution in [0.3, 0.4) is 0 Å². The SMILES string of the molecule is CC1C(=O)NCC(=O)N1c1cccc(Cl)c1. The zero-order chi connectivity index (χ0) is 11.7. The van der Waals surface area contributed by atoms with E-state index in [0.717, 1.165) is 0 Å². The van der Waals surface area contributed by atoms with Crippen molar-refractivity contribution in [2.75, 3.05) is 11.4 Å². The second-order valence-corrected chi connectivity index (χ2v) is 4.07. The number of halogens is 1. The van der Waals surface area contributed by atoms with Crippen LogP contribution in [0.1, 0.15) is 6.92 Å². The number of nitrogens with one attached hydrogen (secondary N) is 1. The van der Waals surface area contributed by atoms with E-state index in [-0.39, 0.29) is 18.4 Å². The highest BCUT2D eigenvalue weighted by molar-refractivity contribution is 6.31. The molecule has 1 heterocycles. The zero-order valence-corrected chi connectivity index (χ0v) is 9.49. The van der Waals surface area contributed by atoms with Crippen molar-refractivity contribution < 1.29 is 9.59 Å². The predicted octanol–water partition coefficient (Wildman–Crippen LogP) is 1.19. The van der Waals surface area contributed by atoms with Crippen LogP contribution in [-0.4, -0.2) is 24.4 Å². The number of carbonyl (C=O) groups excluding carboxylic acids is 2. The van der Waals surface area contributed by atoms with Gasteiger partial charge in [0.05, 0.1) is 6.54 Å². The normalized spacial score (nSPS) is 20.9. The molecular weight excluding hydrogens is 228 g/mol. The van der Waals surface area contributed by atoms with Gasteiger partial charge in [-0.2, -0.15) is 0 Å². The number of amides is 2. The van der Waals surface area contributed by atoms with Gasteiger partial charge in [-0.1, -0.05) is 17.7 Å². The van der Waals surface area contributed by atoms with Gasteiger partial charge in [0, 0.05) is 10.7 Å². The summed E-state index contributed by atoms with van der Waals surface area (Å²) in [5, 5.41) is 3.08. The van der Waals surface area contributed by atoms with E-state index in [1.165, 1.54) is 4.90 Å². The van der Waals surface area contributed by atoms with Gasteiger partial charge in [0.1, 0.15) is 6.04 Å². The summed E-state index contributed by atoms with van der Waals surface area (Å²) in [6.45, 7) is 1.73. The van der Waals surface area contributed by atoms with Crippen molar-refractivity contribution in [3.8, 4) is 0 Å². The van der Waals surface area contributed by atoms with Crippen LogP contribution in [-0.2, 0) is 9.59 Å². The highest BCUT2D eigenvalue weighted by Gasteiger charge is 2.31. The molecule has 0 spiro atoms. The van der Waals surface area contributed by atoms with E-state index >= 15 is 0 Å². The molecule has 0 saturated carbocycles. The average Bonchev–Trinajstić information content (AvgIpc) is 2.24. The standard InChI is InChI=1S/C11H11ClN2O2/c1-7-11(16)13-6-10(15)14(7)9-4-2-3-8(12)5-9/h2-5,7H,6H2,1H3,(H,13,16). The van der Waals surface area contributed by atoms with E-state index in [2.05, 4.69) is 5.32 Å². The Hall–Kier alpha value is -1.55. The van der Waals surface area contributed by atoms with Crippen molar-refractivity contribution in [3.05, 3.63) is 29.3 Å². The second-order valence-electron chi connectivity index (χ2n) is 3.64. The molecule has 1 atom stereocenters. The average molecular weight is 239 g/mol. The van der Waals surface area contributed by atoms with Gasteiger partial charge >= 0.3 is 0 Å². The fraction of sp³-hybridized carbons (Fsp3) is 0.273. The predicted molar refractivity (Wildman–Crippen MR) is 61.4 cm³/mol. The molecule has 84 valence electrons. The van der Waals surface area contributed by atoms with Gasteiger partial charge in [0.25, 0.3) is 0 Å². The van der Waals surface area contributed by atoms with E-state index in [1.54, 1.807) is 31.2 Å². The number of anilines is 1. The topological polar surface area (TPSA) is 49.4 Å². The minimum atomic E-state index is -0.500. The number of benzene rings is 1. The molecule has 0 aromatic heterocycles. The number of rotatable bonds is 1. The van der Waals surface area contributed by atoms with Crippen molar-refractivity contribution in [3.63, 3.8) is 0 Å². The smallest absolute Gasteiger partial charge is 0.247 e. The fourth-order valence-electron chi connectivity index (χ4n) is 1.72. The van der Waals surface area contributed by atoms with Crippen LogP contribution in [0, 0.1) is 0 Å². The van der Waals surface area contributed by atoms with Crippen LogP contribution in [0.15, 0.2) is 24.3 Å². The van der Waals surface area contributed by atoms with Crippen LogP contribution in [0.2, 0.25) is 5.02 Å². The van der Waals surface area contributed by atoms with E-state index < -0.39 is 6.04 Å². The first-order chi connectivity index (χ1) is 7.59. The third-order valence-corrected chi connectivity index (χ3v) is 2.77. The van der Waals surface area contributed by atoms with E-state index in [0.29, 0.717) is 10.7 Å². The molecule has 0 radical (unpaired) electrons. The minimum absolute atomic E-state index is 0.0374. The number of piperazine rings is 1. The van der Waals surface area contributed by atoms with Gasteiger partial charge in [-0.15, -0.1) is 0 Å². The second kappa shape index (κ2) is 4.14. The molecule has 4 nitrogen and oxygen atoms in total. The summed E-state index contributed by atoms with van der Waals surface area (Å²) < 4.78 is 0. The Kier molecular flexibility index (Phi) is 2.83. The molecule has 0 aliphatic carbocycles. The molecule has 1 aliphatic heterocycles. The molecule has 16 heavy (non-hydrogen) atoms. The van der Waals surface area contributed by atoms with Gasteiger partial charge in [0.2, 0.25) is 11.8 Å². The summed E-state index contributed by atoms with van der Waals surface area (Å²) in [4.78, 5) is 24.7. The molecule has 5 heteroatoms. The zero-order valence-electron chi connectivity index (χ0n) is 8.74. The summed E-state index contributed by atoms with van der Waals surface area (Å²) in [5.41, 5.74) is 0.653. The number of nitrogens with zero attached hydrogens (tertiary/aromatic N) is 1. The van der Waals surface area contributed by atoms with Crippen molar-refractivity contribution >= 4 is 29.1 Å². The fourth-order valence-corrected chi connectivity index (χ4v) is 1.91. The largest absolute Gasteiger partial charge is 0.345 e. The van der Waals surface area contributed by atoms with Crippen molar-refractivity contribution in [2.24, 2.45) is 0 Å². The van der Waals surface area contributed by atoms with Crippen LogP contribution in [0.25, 0.3) is 0 Å². The quantitative estimate of drug-likeness (QED) is 0.799. The van der Waals surface area contributed by atoms with Gasteiger partial charge in [0.15, 0.2) is 0 Å². The Balaban J connectivity index is 2.37. The summed E-state index contributed by atoms with van der Waals surface area (Å²) in [6.07, 6.45) is 0. The summed E-state index contributed by atoms with van der Waals surface area (Å²) >= 11 is 5.86. The molecule has 2 amide bonds. The Morgan fingerprint density at radius 1 is 1.44 bits per heavy atom. The van der Waals surface area contributed by atoms with Gasteiger partial charge in [-0.25, -0.2) is 0 Å². The van der Waals surface area contributed by atoms with E-state index in [1.807, 2.05) is 0 Å². The highest BCUT2D eigenvalue weighted by atomic mass is 35.5. The van der Waals surface area contributed by atoms with Crippen LogP contribution >= 0.6 is 11.6 Å². The van der Waals surface area contributed by atoms with Crippen LogP contribution in [0.5, 0.6) is 0 Å². The van der Waals surface area contributed by atoms with Crippen molar-refractivity contribution in [2.45, 2.75) is 13.0 Å². The lowest BCUT2D eigenvalue weighted by molar-refractivity contribution is -0.130. The summed E-state index contributed by atoms with van der Waals surface area (Å²) in [6, 6.07) is 6.42. The molecule has 2 rings (SSSR count). The van der Waals surface area contributed by atoms with Gasteiger partial charge in [-0.3, -0.25) is 14.5 Å². The maximum absolute atomic E-state index is 11.7. The highest BCUT2D eigenvalue weighted by Crippen LogP contribution is 2.22. The lowest BCUT2D eigenvalue weighted by atomic mass is 10.1. The van der Waals surface area contributed by atoms with E-state index in [9.17, 15) is 9.59 Å². The molecule has 1 unspecified atom stereocenters. The minimum Gasteiger partial charge on any atom is -0.345 e. The van der Waals surface area contributed by atoms with Crippen molar-refractivity contribution in [1.29, 1.82) is 0 Å². The Labute approximate surface area is 98.2 Å². The lowest BCUT2D eigenvalue weighted by Crippen LogP contribution is -2.57. The molecular formula is C11H11ClN2O2. The maximum atomic E-state index is 11.7. The Bertz CT molecular complexity index is 447. The van der Waals surface area contributed by atoms with Crippen LogP contribution < -0.4 is 10.2 Å². The molecule has 1 N–H and O–H groups in total. The van der Waals surface area contributed by atoms with Gasteiger partial charge < -0.3 is 5.32 Å². The summed E-state index contributed by atoms with van der Waals surface area (Å²) in [7, 11) is 0. The molecule has 1 fully saturated rings. The number of hydrogen-bond acceptors (Lipinski definition) is 2. The van der Waals surface area contributed by atoms with E-state index in [4.69, 9.17) is 11.6 Å². The van der Waals surface area contributed by atoms with Crippen molar-refractivity contribution in [1.82, 2.24) is 5.32 Å². The molecule has 1 aliphatic rings. The van der Waals surface area contributed by atoms with Crippen LogP contribution in [0.4, 0.5) is 5.69 Å². The summed E-state index contributed by atoms with van der Waals surface area (Å²) in [5.74, 6) is -0.283.